The van der Waals surface area contributed by atoms with Gasteiger partial charge in [0.15, 0.2) is 0 Å². The van der Waals surface area contributed by atoms with Crippen LogP contribution in [-0.2, 0) is 6.54 Å². The summed E-state index contributed by atoms with van der Waals surface area (Å²) in [5.41, 5.74) is 1.27. The highest BCUT2D eigenvalue weighted by atomic mass is 16.5. The van der Waals surface area contributed by atoms with Crippen LogP contribution in [0.25, 0.3) is 0 Å². The second-order valence-electron chi connectivity index (χ2n) is 4.97. The van der Waals surface area contributed by atoms with Crippen molar-refractivity contribution in [3.8, 4) is 5.75 Å². The molecule has 0 atom stereocenters. The first-order valence-electron chi connectivity index (χ1n) is 6.20. The predicted molar refractivity (Wildman–Crippen MR) is 66.6 cm³/mol. The van der Waals surface area contributed by atoms with Gasteiger partial charge in [-0.05, 0) is 24.8 Å². The van der Waals surface area contributed by atoms with E-state index in [-0.39, 0.29) is 0 Å². The Balaban J connectivity index is 1.92. The van der Waals surface area contributed by atoms with Crippen molar-refractivity contribution in [1.82, 2.24) is 5.32 Å². The van der Waals surface area contributed by atoms with E-state index < -0.39 is 0 Å². The summed E-state index contributed by atoms with van der Waals surface area (Å²) in [6.45, 7) is 6.06. The Hall–Kier alpha value is -1.02. The van der Waals surface area contributed by atoms with E-state index in [1.54, 1.807) is 0 Å². The van der Waals surface area contributed by atoms with Crippen LogP contribution in [-0.4, -0.2) is 12.6 Å². The molecule has 0 aromatic heterocycles. The fourth-order valence-corrected chi connectivity index (χ4v) is 1.59. The van der Waals surface area contributed by atoms with E-state index in [1.165, 1.54) is 18.4 Å². The zero-order chi connectivity index (χ0) is 11.4. The lowest BCUT2D eigenvalue weighted by Crippen LogP contribution is -2.16. The summed E-state index contributed by atoms with van der Waals surface area (Å²) in [6, 6.07) is 9.07. The summed E-state index contributed by atoms with van der Waals surface area (Å²) >= 11 is 0. The third kappa shape index (κ3) is 3.53. The molecule has 1 N–H and O–H groups in total. The van der Waals surface area contributed by atoms with E-state index in [1.807, 2.05) is 6.07 Å². The third-order valence-electron chi connectivity index (χ3n) is 2.70. The number of benzene rings is 1. The van der Waals surface area contributed by atoms with Crippen molar-refractivity contribution in [3.63, 3.8) is 0 Å². The summed E-state index contributed by atoms with van der Waals surface area (Å²) in [5, 5.41) is 3.52. The van der Waals surface area contributed by atoms with E-state index in [9.17, 15) is 0 Å². The van der Waals surface area contributed by atoms with Crippen molar-refractivity contribution in [3.05, 3.63) is 29.8 Å². The topological polar surface area (TPSA) is 21.3 Å². The van der Waals surface area contributed by atoms with Gasteiger partial charge in [0.05, 0.1) is 6.61 Å². The average Bonchev–Trinajstić information content (AvgIpc) is 3.08. The molecule has 1 aromatic carbocycles. The van der Waals surface area contributed by atoms with Gasteiger partial charge in [0.1, 0.15) is 5.75 Å². The van der Waals surface area contributed by atoms with Crippen LogP contribution in [0.1, 0.15) is 32.3 Å². The molecular formula is C14H21NO. The Labute approximate surface area is 98.0 Å². The van der Waals surface area contributed by atoms with Crippen LogP contribution in [0, 0.1) is 5.92 Å². The van der Waals surface area contributed by atoms with Crippen molar-refractivity contribution in [2.75, 3.05) is 6.61 Å². The maximum atomic E-state index is 5.81. The Morgan fingerprint density at radius 1 is 1.31 bits per heavy atom. The first-order chi connectivity index (χ1) is 7.75. The van der Waals surface area contributed by atoms with E-state index in [4.69, 9.17) is 4.74 Å². The van der Waals surface area contributed by atoms with Gasteiger partial charge in [0.25, 0.3) is 0 Å². The van der Waals surface area contributed by atoms with Crippen molar-refractivity contribution in [2.45, 2.75) is 39.3 Å². The number of para-hydroxylation sites is 1. The van der Waals surface area contributed by atoms with Crippen molar-refractivity contribution < 1.29 is 4.74 Å². The highest BCUT2D eigenvalue weighted by molar-refractivity contribution is 5.33. The number of ether oxygens (including phenoxy) is 1. The molecule has 2 rings (SSSR count). The highest BCUT2D eigenvalue weighted by Gasteiger charge is 2.20. The first kappa shape index (κ1) is 11.5. The van der Waals surface area contributed by atoms with E-state index >= 15 is 0 Å². The fraction of sp³-hybridized carbons (Fsp3) is 0.571. The molecule has 1 saturated carbocycles. The molecule has 0 amide bonds. The van der Waals surface area contributed by atoms with Crippen LogP contribution in [0.2, 0.25) is 0 Å². The van der Waals surface area contributed by atoms with Crippen LogP contribution in [0.5, 0.6) is 5.75 Å². The molecule has 2 nitrogen and oxygen atoms in total. The molecule has 1 aliphatic rings. The summed E-state index contributed by atoms with van der Waals surface area (Å²) in [7, 11) is 0. The van der Waals surface area contributed by atoms with Crippen molar-refractivity contribution >= 4 is 0 Å². The fourth-order valence-electron chi connectivity index (χ4n) is 1.59. The van der Waals surface area contributed by atoms with Crippen molar-refractivity contribution in [1.29, 1.82) is 0 Å². The quantitative estimate of drug-likeness (QED) is 0.794. The molecular weight excluding hydrogens is 198 g/mol. The molecule has 0 unspecified atom stereocenters. The molecule has 1 fully saturated rings. The van der Waals surface area contributed by atoms with E-state index in [0.717, 1.165) is 24.9 Å². The largest absolute Gasteiger partial charge is 0.493 e. The van der Waals surface area contributed by atoms with Gasteiger partial charge in [-0.15, -0.1) is 0 Å². The normalized spacial score (nSPS) is 15.4. The summed E-state index contributed by atoms with van der Waals surface area (Å²) in [5.74, 6) is 1.61. The van der Waals surface area contributed by atoms with Gasteiger partial charge in [0, 0.05) is 18.2 Å². The van der Waals surface area contributed by atoms with Crippen LogP contribution < -0.4 is 10.1 Å². The zero-order valence-corrected chi connectivity index (χ0v) is 10.2. The summed E-state index contributed by atoms with van der Waals surface area (Å²) in [4.78, 5) is 0. The minimum Gasteiger partial charge on any atom is -0.493 e. The van der Waals surface area contributed by atoms with Gasteiger partial charge >= 0.3 is 0 Å². The van der Waals surface area contributed by atoms with Crippen LogP contribution in [0.4, 0.5) is 0 Å². The summed E-state index contributed by atoms with van der Waals surface area (Å²) in [6.07, 6.45) is 2.66. The van der Waals surface area contributed by atoms with Crippen LogP contribution >= 0.6 is 0 Å². The molecule has 1 aromatic rings. The van der Waals surface area contributed by atoms with Crippen molar-refractivity contribution in [2.24, 2.45) is 5.92 Å². The average molecular weight is 219 g/mol. The van der Waals surface area contributed by atoms with Gasteiger partial charge in [-0.1, -0.05) is 32.0 Å². The SMILES string of the molecule is CC(C)COc1ccccc1CNC1CC1. The van der Waals surface area contributed by atoms with E-state index in [0.29, 0.717) is 5.92 Å². The van der Waals surface area contributed by atoms with Gasteiger partial charge in [-0.3, -0.25) is 0 Å². The Morgan fingerprint density at radius 3 is 2.75 bits per heavy atom. The Kier molecular flexibility index (Phi) is 3.83. The molecule has 0 aliphatic heterocycles. The maximum absolute atomic E-state index is 5.81. The van der Waals surface area contributed by atoms with Gasteiger partial charge in [-0.25, -0.2) is 0 Å². The van der Waals surface area contributed by atoms with Gasteiger partial charge in [0.2, 0.25) is 0 Å². The van der Waals surface area contributed by atoms with Gasteiger partial charge in [-0.2, -0.15) is 0 Å². The third-order valence-corrected chi connectivity index (χ3v) is 2.70. The standard InChI is InChI=1S/C14H21NO/c1-11(2)10-16-14-6-4-3-5-12(14)9-15-13-7-8-13/h3-6,11,13,15H,7-10H2,1-2H3. The molecule has 2 heteroatoms. The minimum atomic E-state index is 0.574. The molecule has 1 aliphatic carbocycles. The number of nitrogens with one attached hydrogen (secondary N) is 1. The lowest BCUT2D eigenvalue weighted by Gasteiger charge is -2.13. The molecule has 0 saturated heterocycles. The van der Waals surface area contributed by atoms with Crippen LogP contribution in [0.3, 0.4) is 0 Å². The minimum absolute atomic E-state index is 0.574. The Bertz CT molecular complexity index is 306. The smallest absolute Gasteiger partial charge is 0.123 e. The Morgan fingerprint density at radius 2 is 2.06 bits per heavy atom. The number of hydrogen-bond acceptors (Lipinski definition) is 2. The molecule has 0 radical (unpaired) electrons. The van der Waals surface area contributed by atoms with Gasteiger partial charge < -0.3 is 10.1 Å². The monoisotopic (exact) mass is 219 g/mol. The number of rotatable bonds is 6. The molecule has 0 spiro atoms. The second-order valence-corrected chi connectivity index (χ2v) is 4.97. The lowest BCUT2D eigenvalue weighted by atomic mass is 10.2. The van der Waals surface area contributed by atoms with E-state index in [2.05, 4.69) is 37.4 Å². The lowest BCUT2D eigenvalue weighted by molar-refractivity contribution is 0.268. The predicted octanol–water partition coefficient (Wildman–Crippen LogP) is 2.97. The highest BCUT2D eigenvalue weighted by Crippen LogP contribution is 2.22. The number of hydrogen-bond donors (Lipinski definition) is 1. The second kappa shape index (κ2) is 5.35. The summed E-state index contributed by atoms with van der Waals surface area (Å²) < 4.78 is 5.81. The zero-order valence-electron chi connectivity index (χ0n) is 10.2. The molecule has 0 heterocycles. The molecule has 0 bridgehead atoms. The maximum Gasteiger partial charge on any atom is 0.123 e. The van der Waals surface area contributed by atoms with Crippen LogP contribution in [0.15, 0.2) is 24.3 Å². The first-order valence-corrected chi connectivity index (χ1v) is 6.20. The molecule has 16 heavy (non-hydrogen) atoms. The molecule has 88 valence electrons.